The van der Waals surface area contributed by atoms with Crippen LogP contribution < -0.4 is 5.32 Å². The molecular formula is C15H14F3NO. The molecule has 0 bridgehead atoms. The molecule has 2 aromatic carbocycles. The van der Waals surface area contributed by atoms with Crippen molar-refractivity contribution in [3.05, 3.63) is 65.0 Å². The first-order chi connectivity index (χ1) is 9.60. The van der Waals surface area contributed by atoms with Crippen LogP contribution in [0.2, 0.25) is 0 Å². The summed E-state index contributed by atoms with van der Waals surface area (Å²) in [6.07, 6.45) is 0. The predicted octanol–water partition coefficient (Wildman–Crippen LogP) is 3.86. The van der Waals surface area contributed by atoms with E-state index in [9.17, 15) is 13.2 Å². The molecule has 2 rings (SSSR count). The largest absolute Gasteiger partial charge is 0.380 e. The monoisotopic (exact) mass is 281 g/mol. The Bertz CT molecular complexity index is 561. The predicted molar refractivity (Wildman–Crippen MR) is 70.8 cm³/mol. The minimum atomic E-state index is -0.946. The second-order valence-electron chi connectivity index (χ2n) is 4.35. The van der Waals surface area contributed by atoms with Crippen LogP contribution in [-0.2, 0) is 17.9 Å². The summed E-state index contributed by atoms with van der Waals surface area (Å²) in [7, 11) is 1.61. The van der Waals surface area contributed by atoms with Crippen molar-refractivity contribution in [2.24, 2.45) is 0 Å². The summed E-state index contributed by atoms with van der Waals surface area (Å²) < 4.78 is 44.6. The molecule has 0 unspecified atom stereocenters. The van der Waals surface area contributed by atoms with Gasteiger partial charge in [0.1, 0.15) is 11.5 Å². The van der Waals surface area contributed by atoms with E-state index in [0.29, 0.717) is 18.7 Å². The average Bonchev–Trinajstić information content (AvgIpc) is 2.39. The number of anilines is 1. The van der Waals surface area contributed by atoms with E-state index in [-0.39, 0.29) is 12.2 Å². The molecule has 106 valence electrons. The fourth-order valence-electron chi connectivity index (χ4n) is 1.82. The number of hydrogen-bond acceptors (Lipinski definition) is 2. The minimum Gasteiger partial charge on any atom is -0.380 e. The molecule has 0 saturated heterocycles. The lowest BCUT2D eigenvalue weighted by Gasteiger charge is -2.09. The minimum absolute atomic E-state index is 0.243. The zero-order valence-electron chi connectivity index (χ0n) is 10.9. The molecule has 0 heterocycles. The molecule has 0 spiro atoms. The van der Waals surface area contributed by atoms with Gasteiger partial charge in [0.2, 0.25) is 0 Å². The molecule has 0 amide bonds. The highest BCUT2D eigenvalue weighted by atomic mass is 19.1. The third-order valence-electron chi connectivity index (χ3n) is 2.81. The van der Waals surface area contributed by atoms with Crippen LogP contribution >= 0.6 is 0 Å². The molecule has 2 aromatic rings. The van der Waals surface area contributed by atoms with Crippen molar-refractivity contribution in [2.45, 2.75) is 13.2 Å². The van der Waals surface area contributed by atoms with Crippen molar-refractivity contribution < 1.29 is 17.9 Å². The Morgan fingerprint density at radius 3 is 2.05 bits per heavy atom. The van der Waals surface area contributed by atoms with E-state index in [1.807, 2.05) is 24.3 Å². The van der Waals surface area contributed by atoms with Crippen molar-refractivity contribution in [3.63, 3.8) is 0 Å². The standard InChI is InChI=1S/C15H14F3NO/c1-20-9-11-4-2-10(3-5-11)8-19-15-13(17)6-12(16)7-14(15)18/h2-7,19H,8-9H2,1H3. The first-order valence-corrected chi connectivity index (χ1v) is 6.05. The Labute approximate surface area is 115 Å². The quantitative estimate of drug-likeness (QED) is 0.898. The molecule has 0 fully saturated rings. The molecule has 1 N–H and O–H groups in total. The summed E-state index contributed by atoms with van der Waals surface area (Å²) in [5, 5.41) is 2.63. The number of benzene rings is 2. The summed E-state index contributed by atoms with van der Waals surface area (Å²) in [5.41, 5.74) is 1.54. The fourth-order valence-corrected chi connectivity index (χ4v) is 1.82. The Morgan fingerprint density at radius 2 is 1.50 bits per heavy atom. The van der Waals surface area contributed by atoms with E-state index in [1.165, 1.54) is 0 Å². The van der Waals surface area contributed by atoms with Crippen LogP contribution in [-0.4, -0.2) is 7.11 Å². The lowest BCUT2D eigenvalue weighted by molar-refractivity contribution is 0.185. The van der Waals surface area contributed by atoms with Gasteiger partial charge in [0.15, 0.2) is 11.6 Å². The van der Waals surface area contributed by atoms with Gasteiger partial charge in [-0.2, -0.15) is 0 Å². The van der Waals surface area contributed by atoms with Crippen LogP contribution in [0.15, 0.2) is 36.4 Å². The summed E-state index contributed by atoms with van der Waals surface area (Å²) in [6, 6.07) is 8.71. The zero-order chi connectivity index (χ0) is 14.5. The van der Waals surface area contributed by atoms with Gasteiger partial charge < -0.3 is 10.1 Å². The highest BCUT2D eigenvalue weighted by molar-refractivity contribution is 5.47. The zero-order valence-corrected chi connectivity index (χ0v) is 10.9. The molecule has 0 aliphatic carbocycles. The van der Waals surface area contributed by atoms with Gasteiger partial charge in [-0.05, 0) is 11.1 Å². The third kappa shape index (κ3) is 3.51. The van der Waals surface area contributed by atoms with Gasteiger partial charge in [0.25, 0.3) is 0 Å². The maximum atomic E-state index is 13.4. The van der Waals surface area contributed by atoms with Crippen molar-refractivity contribution in [1.82, 2.24) is 0 Å². The van der Waals surface area contributed by atoms with Crippen LogP contribution in [0.5, 0.6) is 0 Å². The molecule has 0 saturated carbocycles. The molecule has 20 heavy (non-hydrogen) atoms. The number of rotatable bonds is 5. The van der Waals surface area contributed by atoms with Crippen molar-refractivity contribution in [2.75, 3.05) is 12.4 Å². The van der Waals surface area contributed by atoms with Gasteiger partial charge in [0, 0.05) is 25.8 Å². The fraction of sp³-hybridized carbons (Fsp3) is 0.200. The summed E-state index contributed by atoms with van der Waals surface area (Å²) in [6.45, 7) is 0.752. The number of ether oxygens (including phenoxy) is 1. The van der Waals surface area contributed by atoms with Gasteiger partial charge in [0.05, 0.1) is 6.61 Å². The average molecular weight is 281 g/mol. The van der Waals surface area contributed by atoms with Crippen molar-refractivity contribution >= 4 is 5.69 Å². The van der Waals surface area contributed by atoms with E-state index in [0.717, 1.165) is 11.1 Å². The molecule has 0 aliphatic heterocycles. The number of hydrogen-bond donors (Lipinski definition) is 1. The van der Waals surface area contributed by atoms with Gasteiger partial charge in [-0.15, -0.1) is 0 Å². The summed E-state index contributed by atoms with van der Waals surface area (Å²) in [4.78, 5) is 0. The van der Waals surface area contributed by atoms with E-state index < -0.39 is 17.5 Å². The topological polar surface area (TPSA) is 21.3 Å². The van der Waals surface area contributed by atoms with Gasteiger partial charge in [-0.3, -0.25) is 0 Å². The van der Waals surface area contributed by atoms with Crippen LogP contribution in [0.1, 0.15) is 11.1 Å². The van der Waals surface area contributed by atoms with E-state index >= 15 is 0 Å². The van der Waals surface area contributed by atoms with Crippen molar-refractivity contribution in [1.29, 1.82) is 0 Å². The molecular weight excluding hydrogens is 267 g/mol. The summed E-state index contributed by atoms with van der Waals surface area (Å²) in [5.74, 6) is -2.83. The Hall–Kier alpha value is -2.01. The first-order valence-electron chi connectivity index (χ1n) is 6.05. The molecule has 2 nitrogen and oxygen atoms in total. The van der Waals surface area contributed by atoms with E-state index in [4.69, 9.17) is 4.74 Å². The number of halogens is 3. The second-order valence-corrected chi connectivity index (χ2v) is 4.35. The smallest absolute Gasteiger partial charge is 0.152 e. The summed E-state index contributed by atoms with van der Waals surface area (Å²) >= 11 is 0. The normalized spacial score (nSPS) is 10.6. The Balaban J connectivity index is 2.05. The van der Waals surface area contributed by atoms with Crippen LogP contribution in [0, 0.1) is 17.5 Å². The Kier molecular flexibility index (Phi) is 4.63. The van der Waals surface area contributed by atoms with E-state index in [1.54, 1.807) is 7.11 Å². The maximum Gasteiger partial charge on any atom is 0.152 e. The lowest BCUT2D eigenvalue weighted by Crippen LogP contribution is -2.04. The second kappa shape index (κ2) is 6.43. The van der Waals surface area contributed by atoms with Gasteiger partial charge >= 0.3 is 0 Å². The van der Waals surface area contributed by atoms with Gasteiger partial charge in [-0.25, -0.2) is 13.2 Å². The number of methoxy groups -OCH3 is 1. The maximum absolute atomic E-state index is 13.4. The van der Waals surface area contributed by atoms with Crippen LogP contribution in [0.3, 0.4) is 0 Å². The van der Waals surface area contributed by atoms with Gasteiger partial charge in [-0.1, -0.05) is 24.3 Å². The highest BCUT2D eigenvalue weighted by Gasteiger charge is 2.10. The molecule has 5 heteroatoms. The van der Waals surface area contributed by atoms with Crippen LogP contribution in [0.25, 0.3) is 0 Å². The molecule has 0 atom stereocenters. The lowest BCUT2D eigenvalue weighted by atomic mass is 10.1. The van der Waals surface area contributed by atoms with Crippen molar-refractivity contribution in [3.8, 4) is 0 Å². The number of nitrogens with one attached hydrogen (secondary N) is 1. The third-order valence-corrected chi connectivity index (χ3v) is 2.81. The molecule has 0 aliphatic rings. The SMILES string of the molecule is COCc1ccc(CNc2c(F)cc(F)cc2F)cc1. The highest BCUT2D eigenvalue weighted by Crippen LogP contribution is 2.21. The first kappa shape index (κ1) is 14.4. The molecule has 0 aromatic heterocycles. The van der Waals surface area contributed by atoms with Crippen LogP contribution in [0.4, 0.5) is 18.9 Å². The molecule has 0 radical (unpaired) electrons. The Morgan fingerprint density at radius 1 is 0.950 bits per heavy atom. The van der Waals surface area contributed by atoms with E-state index in [2.05, 4.69) is 5.32 Å².